The molecule has 4 heteroatoms. The number of rotatable bonds is 3. The number of aryl methyl sites for hydroxylation is 2. The molecule has 1 heterocycles. The molecule has 0 spiro atoms. The number of ketones is 1. The number of carbonyl (C=O) groups is 1. The summed E-state index contributed by atoms with van der Waals surface area (Å²) in [5.74, 6) is 0.758. The van der Waals surface area contributed by atoms with Crippen LogP contribution in [0.3, 0.4) is 0 Å². The third-order valence-corrected chi connectivity index (χ3v) is 2.98. The molecule has 0 atom stereocenters. The van der Waals surface area contributed by atoms with Crippen LogP contribution in [-0.2, 0) is 6.42 Å². The molecule has 0 amide bonds. The first-order chi connectivity index (χ1) is 8.47. The van der Waals surface area contributed by atoms with Gasteiger partial charge >= 0.3 is 0 Å². The third kappa shape index (κ3) is 2.62. The maximum Gasteiger partial charge on any atom is 0.170 e. The SMILES string of the molecule is Cc1cc(C(=O)Cc2ccc(F)c(Cl)c2)c(C)o1. The Morgan fingerprint density at radius 3 is 2.61 bits per heavy atom. The van der Waals surface area contributed by atoms with Crippen molar-refractivity contribution >= 4 is 17.4 Å². The largest absolute Gasteiger partial charge is 0.466 e. The van der Waals surface area contributed by atoms with Crippen LogP contribution in [0, 0.1) is 19.7 Å². The number of hydrogen-bond donors (Lipinski definition) is 0. The van der Waals surface area contributed by atoms with E-state index in [2.05, 4.69) is 0 Å². The Bertz CT molecular complexity index is 602. The van der Waals surface area contributed by atoms with Crippen molar-refractivity contribution in [1.29, 1.82) is 0 Å². The van der Waals surface area contributed by atoms with Gasteiger partial charge in [0.15, 0.2) is 5.78 Å². The Kier molecular flexibility index (Phi) is 3.53. The molecule has 0 aliphatic carbocycles. The lowest BCUT2D eigenvalue weighted by molar-refractivity contribution is 0.0991. The molecule has 0 saturated heterocycles. The van der Waals surface area contributed by atoms with E-state index in [9.17, 15) is 9.18 Å². The van der Waals surface area contributed by atoms with Crippen molar-refractivity contribution in [2.45, 2.75) is 20.3 Å². The van der Waals surface area contributed by atoms with E-state index in [4.69, 9.17) is 16.0 Å². The van der Waals surface area contributed by atoms with E-state index in [0.717, 1.165) is 0 Å². The van der Waals surface area contributed by atoms with Crippen LogP contribution in [0.25, 0.3) is 0 Å². The molecular weight excluding hydrogens is 255 g/mol. The van der Waals surface area contributed by atoms with E-state index in [0.29, 0.717) is 22.6 Å². The fourth-order valence-corrected chi connectivity index (χ4v) is 2.04. The highest BCUT2D eigenvalue weighted by molar-refractivity contribution is 6.30. The Hall–Kier alpha value is -1.61. The zero-order chi connectivity index (χ0) is 13.3. The highest BCUT2D eigenvalue weighted by Crippen LogP contribution is 2.19. The van der Waals surface area contributed by atoms with Crippen molar-refractivity contribution in [2.24, 2.45) is 0 Å². The average molecular weight is 267 g/mol. The van der Waals surface area contributed by atoms with Gasteiger partial charge in [0.1, 0.15) is 17.3 Å². The first kappa shape index (κ1) is 12.8. The molecule has 0 aliphatic heterocycles. The number of furan rings is 1. The molecule has 1 aromatic heterocycles. The van der Waals surface area contributed by atoms with Crippen LogP contribution < -0.4 is 0 Å². The summed E-state index contributed by atoms with van der Waals surface area (Å²) < 4.78 is 18.3. The van der Waals surface area contributed by atoms with Gasteiger partial charge in [-0.2, -0.15) is 0 Å². The second kappa shape index (κ2) is 4.94. The molecule has 18 heavy (non-hydrogen) atoms. The molecule has 0 N–H and O–H groups in total. The molecule has 2 aromatic rings. The standard InChI is InChI=1S/C14H12ClFO2/c1-8-5-11(9(2)18-8)14(17)7-10-3-4-13(16)12(15)6-10/h3-6H,7H2,1-2H3. The quantitative estimate of drug-likeness (QED) is 0.783. The molecule has 0 fully saturated rings. The van der Waals surface area contributed by atoms with Crippen molar-refractivity contribution < 1.29 is 13.6 Å². The fourth-order valence-electron chi connectivity index (χ4n) is 1.84. The Labute approximate surface area is 109 Å². The summed E-state index contributed by atoms with van der Waals surface area (Å²) in [5, 5.41) is 0.0281. The highest BCUT2D eigenvalue weighted by atomic mass is 35.5. The monoisotopic (exact) mass is 266 g/mol. The van der Waals surface area contributed by atoms with E-state index < -0.39 is 5.82 Å². The van der Waals surface area contributed by atoms with E-state index in [1.807, 2.05) is 0 Å². The maximum atomic E-state index is 13.0. The topological polar surface area (TPSA) is 30.2 Å². The van der Waals surface area contributed by atoms with E-state index in [1.54, 1.807) is 26.0 Å². The van der Waals surface area contributed by atoms with Crippen molar-refractivity contribution in [3.63, 3.8) is 0 Å². The summed E-state index contributed by atoms with van der Waals surface area (Å²) in [4.78, 5) is 12.0. The van der Waals surface area contributed by atoms with Gasteiger partial charge in [0.2, 0.25) is 0 Å². The zero-order valence-corrected chi connectivity index (χ0v) is 10.8. The van der Waals surface area contributed by atoms with Gasteiger partial charge in [-0.3, -0.25) is 4.79 Å². The average Bonchev–Trinajstić information content (AvgIpc) is 2.63. The first-order valence-electron chi connectivity index (χ1n) is 5.51. The highest BCUT2D eigenvalue weighted by Gasteiger charge is 2.14. The molecule has 2 nitrogen and oxygen atoms in total. The minimum atomic E-state index is -0.483. The number of hydrogen-bond acceptors (Lipinski definition) is 2. The summed E-state index contributed by atoms with van der Waals surface area (Å²) in [5.41, 5.74) is 1.25. The molecule has 0 bridgehead atoms. The molecule has 94 valence electrons. The van der Waals surface area contributed by atoms with Gasteiger partial charge in [-0.05, 0) is 37.6 Å². The smallest absolute Gasteiger partial charge is 0.170 e. The maximum absolute atomic E-state index is 13.0. The Balaban J connectivity index is 2.21. The van der Waals surface area contributed by atoms with Crippen LogP contribution in [0.4, 0.5) is 4.39 Å². The van der Waals surface area contributed by atoms with Crippen molar-refractivity contribution in [3.8, 4) is 0 Å². The summed E-state index contributed by atoms with van der Waals surface area (Å²) in [7, 11) is 0. The lowest BCUT2D eigenvalue weighted by Gasteiger charge is -2.01. The Morgan fingerprint density at radius 1 is 1.33 bits per heavy atom. The van der Waals surface area contributed by atoms with Crippen LogP contribution in [0.15, 0.2) is 28.7 Å². The number of Topliss-reactive ketones (excluding diaryl/α,β-unsaturated/α-hetero) is 1. The molecule has 1 aromatic carbocycles. The number of halogens is 2. The molecule has 0 unspecified atom stereocenters. The van der Waals surface area contributed by atoms with Crippen LogP contribution in [0.2, 0.25) is 5.02 Å². The second-order valence-electron chi connectivity index (χ2n) is 4.18. The summed E-state index contributed by atoms with van der Waals surface area (Å²) >= 11 is 5.67. The zero-order valence-electron chi connectivity index (χ0n) is 10.1. The van der Waals surface area contributed by atoms with Crippen LogP contribution in [0.5, 0.6) is 0 Å². The van der Waals surface area contributed by atoms with Gasteiger partial charge in [-0.1, -0.05) is 17.7 Å². The third-order valence-electron chi connectivity index (χ3n) is 2.69. The van der Waals surface area contributed by atoms with Gasteiger partial charge in [-0.25, -0.2) is 4.39 Å². The van der Waals surface area contributed by atoms with E-state index in [-0.39, 0.29) is 17.2 Å². The van der Waals surface area contributed by atoms with Gasteiger partial charge in [0, 0.05) is 6.42 Å². The molecule has 0 aliphatic rings. The Morgan fingerprint density at radius 2 is 2.06 bits per heavy atom. The molecule has 0 radical (unpaired) electrons. The normalized spacial score (nSPS) is 10.7. The van der Waals surface area contributed by atoms with Crippen molar-refractivity contribution in [2.75, 3.05) is 0 Å². The molecule has 0 saturated carbocycles. The first-order valence-corrected chi connectivity index (χ1v) is 5.89. The molecule has 2 rings (SSSR count). The van der Waals surface area contributed by atoms with E-state index in [1.165, 1.54) is 12.1 Å². The predicted octanol–water partition coefficient (Wildman–Crippen LogP) is 4.11. The fraction of sp³-hybridized carbons (Fsp3) is 0.214. The second-order valence-corrected chi connectivity index (χ2v) is 4.58. The van der Waals surface area contributed by atoms with Gasteiger partial charge in [-0.15, -0.1) is 0 Å². The van der Waals surface area contributed by atoms with Gasteiger partial charge in [0.05, 0.1) is 10.6 Å². The van der Waals surface area contributed by atoms with Gasteiger partial charge < -0.3 is 4.42 Å². The number of carbonyl (C=O) groups excluding carboxylic acids is 1. The lowest BCUT2D eigenvalue weighted by atomic mass is 10.0. The van der Waals surface area contributed by atoms with Crippen LogP contribution >= 0.6 is 11.6 Å². The van der Waals surface area contributed by atoms with Crippen molar-refractivity contribution in [1.82, 2.24) is 0 Å². The minimum Gasteiger partial charge on any atom is -0.466 e. The van der Waals surface area contributed by atoms with Crippen LogP contribution in [-0.4, -0.2) is 5.78 Å². The van der Waals surface area contributed by atoms with Crippen LogP contribution in [0.1, 0.15) is 27.4 Å². The van der Waals surface area contributed by atoms with Crippen molar-refractivity contribution in [3.05, 3.63) is 57.8 Å². The van der Waals surface area contributed by atoms with E-state index >= 15 is 0 Å². The lowest BCUT2D eigenvalue weighted by Crippen LogP contribution is -2.04. The number of benzene rings is 1. The predicted molar refractivity (Wildman–Crippen MR) is 67.6 cm³/mol. The minimum absolute atomic E-state index is 0.0281. The van der Waals surface area contributed by atoms with Gasteiger partial charge in [0.25, 0.3) is 0 Å². The molecular formula is C14H12ClFO2. The summed E-state index contributed by atoms with van der Waals surface area (Å²) in [6, 6.07) is 6.00. The summed E-state index contributed by atoms with van der Waals surface area (Å²) in [6.45, 7) is 3.54. The summed E-state index contributed by atoms with van der Waals surface area (Å²) in [6.07, 6.45) is 0.180.